The molecule has 6 nitrogen and oxygen atoms in total. The molecule has 0 unspecified atom stereocenters. The third-order valence-corrected chi connectivity index (χ3v) is 3.29. The Balaban J connectivity index is 2.36. The smallest absolute Gasteiger partial charge is 0.229 e. The predicted molar refractivity (Wildman–Crippen MR) is 81.4 cm³/mol. The standard InChI is InChI=1S/C16H22N2O4/c17-7-3-1-2-4-13(20)10-18-9-12-5-6-14(15(21)8-12)16(22)11-19/h5-6,8,11,18,21H,1-4,7,9-10,17H2/p+1. The molecular weight excluding hydrogens is 284 g/mol. The molecule has 120 valence electrons. The minimum Gasteiger partial charge on any atom is -0.507 e. The van der Waals surface area contributed by atoms with E-state index in [2.05, 4.69) is 11.1 Å². The summed E-state index contributed by atoms with van der Waals surface area (Å²) in [5.74, 6) is -0.827. The number of Topliss-reactive ketones (excluding diaryl/α,β-unsaturated/α-hetero) is 2. The van der Waals surface area contributed by atoms with E-state index in [9.17, 15) is 19.5 Å². The van der Waals surface area contributed by atoms with Crippen LogP contribution < -0.4 is 11.1 Å². The molecule has 1 aromatic carbocycles. The van der Waals surface area contributed by atoms with Gasteiger partial charge in [0, 0.05) is 13.0 Å². The summed E-state index contributed by atoms with van der Waals surface area (Å²) >= 11 is 0. The van der Waals surface area contributed by atoms with E-state index in [0.29, 0.717) is 13.0 Å². The van der Waals surface area contributed by atoms with Crippen LogP contribution in [0.15, 0.2) is 18.2 Å². The number of phenols is 1. The van der Waals surface area contributed by atoms with Crippen LogP contribution in [0.3, 0.4) is 0 Å². The Hall–Kier alpha value is -2.05. The van der Waals surface area contributed by atoms with Crippen LogP contribution >= 0.6 is 0 Å². The highest BCUT2D eigenvalue weighted by molar-refractivity contribution is 6.34. The number of benzene rings is 1. The van der Waals surface area contributed by atoms with E-state index in [4.69, 9.17) is 0 Å². The highest BCUT2D eigenvalue weighted by atomic mass is 16.3. The van der Waals surface area contributed by atoms with Gasteiger partial charge in [-0.1, -0.05) is 6.07 Å². The molecule has 0 aliphatic rings. The van der Waals surface area contributed by atoms with Crippen molar-refractivity contribution in [2.75, 3.05) is 13.1 Å². The second-order valence-corrected chi connectivity index (χ2v) is 5.14. The molecular formula is C16H23N2O4+. The molecule has 22 heavy (non-hydrogen) atoms. The highest BCUT2D eigenvalue weighted by Crippen LogP contribution is 2.18. The van der Waals surface area contributed by atoms with Crippen molar-refractivity contribution in [3.8, 4) is 5.75 Å². The maximum absolute atomic E-state index is 11.6. The number of unbranched alkanes of at least 4 members (excludes halogenated alkanes) is 2. The molecule has 0 bridgehead atoms. The van der Waals surface area contributed by atoms with Gasteiger partial charge in [-0.3, -0.25) is 14.4 Å². The predicted octanol–water partition coefficient (Wildman–Crippen LogP) is 0.235. The average Bonchev–Trinajstić information content (AvgIpc) is 2.51. The second-order valence-electron chi connectivity index (χ2n) is 5.14. The molecule has 6 heteroatoms. The topological polar surface area (TPSA) is 111 Å². The van der Waals surface area contributed by atoms with Gasteiger partial charge in [-0.15, -0.1) is 0 Å². The van der Waals surface area contributed by atoms with E-state index in [0.717, 1.165) is 31.4 Å². The number of carbonyl (C=O) groups excluding carboxylic acids is 3. The van der Waals surface area contributed by atoms with Crippen molar-refractivity contribution in [1.82, 2.24) is 5.32 Å². The number of rotatable bonds is 11. The van der Waals surface area contributed by atoms with E-state index in [1.807, 2.05) is 0 Å². The zero-order chi connectivity index (χ0) is 16.4. The quantitative estimate of drug-likeness (QED) is 0.235. The maximum Gasteiger partial charge on any atom is 0.229 e. The van der Waals surface area contributed by atoms with Crippen LogP contribution in [-0.4, -0.2) is 36.0 Å². The lowest BCUT2D eigenvalue weighted by Gasteiger charge is -2.06. The molecule has 0 amide bonds. The molecule has 0 fully saturated rings. The van der Waals surface area contributed by atoms with Gasteiger partial charge in [-0.05, 0) is 37.0 Å². The summed E-state index contributed by atoms with van der Waals surface area (Å²) < 4.78 is 0. The van der Waals surface area contributed by atoms with Crippen molar-refractivity contribution in [1.29, 1.82) is 0 Å². The number of ketones is 2. The average molecular weight is 307 g/mol. The fourth-order valence-electron chi connectivity index (χ4n) is 2.07. The minimum absolute atomic E-state index is 0.0137. The number of quaternary nitrogens is 1. The van der Waals surface area contributed by atoms with Crippen LogP contribution in [-0.2, 0) is 16.1 Å². The van der Waals surface area contributed by atoms with Crippen LogP contribution in [0.1, 0.15) is 41.6 Å². The lowest BCUT2D eigenvalue weighted by molar-refractivity contribution is -0.368. The summed E-state index contributed by atoms with van der Waals surface area (Å²) in [7, 11) is 0. The number of nitrogens with one attached hydrogen (secondary N) is 1. The SMILES string of the molecule is [NH3+]CCCCCC(=O)CNCc1ccc(C(=O)C=O)c(O)c1. The molecule has 0 radical (unpaired) electrons. The molecule has 0 saturated heterocycles. The summed E-state index contributed by atoms with van der Waals surface area (Å²) in [5.41, 5.74) is 4.48. The monoisotopic (exact) mass is 307 g/mol. The zero-order valence-corrected chi connectivity index (χ0v) is 12.6. The van der Waals surface area contributed by atoms with Gasteiger partial charge in [-0.2, -0.15) is 0 Å². The molecule has 5 N–H and O–H groups in total. The van der Waals surface area contributed by atoms with Gasteiger partial charge in [-0.25, -0.2) is 0 Å². The van der Waals surface area contributed by atoms with E-state index in [1.54, 1.807) is 6.07 Å². The lowest BCUT2D eigenvalue weighted by Crippen LogP contribution is -2.50. The Bertz CT molecular complexity index is 529. The first-order valence-corrected chi connectivity index (χ1v) is 7.41. The summed E-state index contributed by atoms with van der Waals surface area (Å²) in [6.45, 7) is 1.59. The van der Waals surface area contributed by atoms with Crippen LogP contribution in [0.2, 0.25) is 0 Å². The Kier molecular flexibility index (Phi) is 8.03. The molecule has 1 rings (SSSR count). The lowest BCUT2D eigenvalue weighted by atomic mass is 10.1. The summed E-state index contributed by atoms with van der Waals surface area (Å²) in [5, 5.41) is 12.7. The normalized spacial score (nSPS) is 10.4. The Morgan fingerprint density at radius 3 is 2.64 bits per heavy atom. The molecule has 0 saturated carbocycles. The van der Waals surface area contributed by atoms with Crippen molar-refractivity contribution in [3.63, 3.8) is 0 Å². The number of aromatic hydroxyl groups is 1. The fourth-order valence-corrected chi connectivity index (χ4v) is 2.07. The summed E-state index contributed by atoms with van der Waals surface area (Å²) in [6.07, 6.45) is 3.69. The summed E-state index contributed by atoms with van der Waals surface area (Å²) in [4.78, 5) is 33.2. The van der Waals surface area contributed by atoms with E-state index >= 15 is 0 Å². The van der Waals surface area contributed by atoms with Gasteiger partial charge >= 0.3 is 0 Å². The zero-order valence-electron chi connectivity index (χ0n) is 12.6. The van der Waals surface area contributed by atoms with Gasteiger partial charge in [0.05, 0.1) is 18.7 Å². The molecule has 0 atom stereocenters. The van der Waals surface area contributed by atoms with Crippen molar-refractivity contribution < 1.29 is 25.2 Å². The van der Waals surface area contributed by atoms with Gasteiger partial charge in [0.1, 0.15) is 11.5 Å². The highest BCUT2D eigenvalue weighted by Gasteiger charge is 2.10. The minimum atomic E-state index is -0.755. The number of carbonyl (C=O) groups is 3. The first-order valence-electron chi connectivity index (χ1n) is 7.41. The molecule has 1 aromatic rings. The molecule has 0 aliphatic heterocycles. The van der Waals surface area contributed by atoms with Crippen molar-refractivity contribution in [2.24, 2.45) is 0 Å². The first kappa shape index (κ1) is 18.0. The molecule has 0 heterocycles. The molecule has 0 aliphatic carbocycles. The van der Waals surface area contributed by atoms with E-state index in [-0.39, 0.29) is 29.9 Å². The number of phenolic OH excluding ortho intramolecular Hbond substituents is 1. The second kappa shape index (κ2) is 9.81. The third-order valence-electron chi connectivity index (χ3n) is 3.29. The Morgan fingerprint density at radius 1 is 1.23 bits per heavy atom. The Morgan fingerprint density at radius 2 is 2.00 bits per heavy atom. The van der Waals surface area contributed by atoms with E-state index < -0.39 is 5.78 Å². The van der Waals surface area contributed by atoms with Gasteiger partial charge in [0.2, 0.25) is 5.78 Å². The van der Waals surface area contributed by atoms with Crippen LogP contribution in [0.5, 0.6) is 5.75 Å². The van der Waals surface area contributed by atoms with Gasteiger partial charge in [0.15, 0.2) is 6.29 Å². The molecule has 0 aromatic heterocycles. The third kappa shape index (κ3) is 6.15. The van der Waals surface area contributed by atoms with Gasteiger partial charge < -0.3 is 16.2 Å². The maximum atomic E-state index is 11.6. The van der Waals surface area contributed by atoms with Crippen LogP contribution in [0.25, 0.3) is 0 Å². The number of hydrogen-bond donors (Lipinski definition) is 3. The first-order chi connectivity index (χ1) is 10.6. The fraction of sp³-hybridized carbons (Fsp3) is 0.438. The van der Waals surface area contributed by atoms with Crippen molar-refractivity contribution in [2.45, 2.75) is 32.2 Å². The number of aldehydes is 1. The largest absolute Gasteiger partial charge is 0.507 e. The molecule has 0 spiro atoms. The van der Waals surface area contributed by atoms with Crippen LogP contribution in [0, 0.1) is 0 Å². The van der Waals surface area contributed by atoms with E-state index in [1.165, 1.54) is 12.1 Å². The van der Waals surface area contributed by atoms with Crippen molar-refractivity contribution in [3.05, 3.63) is 29.3 Å². The Labute approximate surface area is 129 Å². The number of hydrogen-bond acceptors (Lipinski definition) is 5. The van der Waals surface area contributed by atoms with Crippen LogP contribution in [0.4, 0.5) is 0 Å². The van der Waals surface area contributed by atoms with Crippen molar-refractivity contribution >= 4 is 17.9 Å². The summed E-state index contributed by atoms with van der Waals surface area (Å²) in [6, 6.07) is 4.47. The van der Waals surface area contributed by atoms with Gasteiger partial charge in [0.25, 0.3) is 0 Å².